The maximum atomic E-state index is 13.4. The van der Waals surface area contributed by atoms with Crippen LogP contribution in [0.25, 0.3) is 11.1 Å². The average molecular weight is 415 g/mol. The zero-order valence-electron chi connectivity index (χ0n) is 17.9. The van der Waals surface area contributed by atoms with E-state index in [-0.39, 0.29) is 12.3 Å². The normalized spacial score (nSPS) is 12.5. The Hall–Kier alpha value is -3.60. The molecular formula is C26H25NO4. The Labute approximate surface area is 181 Å². The van der Waals surface area contributed by atoms with E-state index in [2.05, 4.69) is 0 Å². The van der Waals surface area contributed by atoms with Crippen LogP contribution < -0.4 is 9.64 Å². The number of carbonyl (C=O) groups is 2. The number of carbonyl (C=O) groups excluding carboxylic acids is 1. The van der Waals surface area contributed by atoms with Gasteiger partial charge < -0.3 is 14.7 Å². The van der Waals surface area contributed by atoms with Crippen molar-refractivity contribution in [2.24, 2.45) is 0 Å². The van der Waals surface area contributed by atoms with Crippen LogP contribution in [0.2, 0.25) is 0 Å². The molecule has 158 valence electrons. The minimum absolute atomic E-state index is 0.0528. The van der Waals surface area contributed by atoms with Gasteiger partial charge in [-0.15, -0.1) is 0 Å². The van der Waals surface area contributed by atoms with E-state index < -0.39 is 5.97 Å². The van der Waals surface area contributed by atoms with Crippen LogP contribution in [0.4, 0.5) is 5.69 Å². The second kappa shape index (κ2) is 8.26. The van der Waals surface area contributed by atoms with Crippen molar-refractivity contribution in [1.29, 1.82) is 0 Å². The molecule has 5 nitrogen and oxygen atoms in total. The smallest absolute Gasteiger partial charge is 0.307 e. The molecule has 1 aliphatic heterocycles. The van der Waals surface area contributed by atoms with Gasteiger partial charge in [0, 0.05) is 12.2 Å². The molecular weight excluding hydrogens is 390 g/mol. The molecule has 31 heavy (non-hydrogen) atoms. The quantitative estimate of drug-likeness (QED) is 0.649. The number of methoxy groups -OCH3 is 1. The number of fused-ring (bicyclic) bond motifs is 1. The van der Waals surface area contributed by atoms with Gasteiger partial charge in [0.1, 0.15) is 5.75 Å². The van der Waals surface area contributed by atoms with Gasteiger partial charge in [-0.2, -0.15) is 0 Å². The molecule has 0 aliphatic carbocycles. The van der Waals surface area contributed by atoms with Crippen molar-refractivity contribution in [3.8, 4) is 16.9 Å². The molecule has 0 radical (unpaired) electrons. The molecule has 0 atom stereocenters. The first-order valence-electron chi connectivity index (χ1n) is 10.3. The van der Waals surface area contributed by atoms with E-state index in [1.54, 1.807) is 24.1 Å². The van der Waals surface area contributed by atoms with Gasteiger partial charge in [-0.1, -0.05) is 42.0 Å². The molecule has 0 aromatic heterocycles. The number of anilines is 1. The number of hydrogen-bond donors (Lipinski definition) is 1. The fraction of sp³-hybridized carbons (Fsp3) is 0.231. The van der Waals surface area contributed by atoms with Crippen LogP contribution in [0, 0.1) is 13.8 Å². The van der Waals surface area contributed by atoms with Crippen molar-refractivity contribution in [2.45, 2.75) is 26.7 Å². The monoisotopic (exact) mass is 415 g/mol. The van der Waals surface area contributed by atoms with Gasteiger partial charge in [0.05, 0.1) is 19.1 Å². The maximum Gasteiger partial charge on any atom is 0.307 e. The first kappa shape index (κ1) is 20.7. The summed E-state index contributed by atoms with van der Waals surface area (Å²) < 4.78 is 5.39. The first-order valence-corrected chi connectivity index (χ1v) is 10.3. The second-order valence-corrected chi connectivity index (χ2v) is 7.89. The molecule has 1 heterocycles. The molecule has 0 saturated carbocycles. The van der Waals surface area contributed by atoms with Gasteiger partial charge in [-0.3, -0.25) is 9.59 Å². The lowest BCUT2D eigenvalue weighted by Crippen LogP contribution is -2.29. The maximum absolute atomic E-state index is 13.4. The Morgan fingerprint density at radius 2 is 1.77 bits per heavy atom. The highest BCUT2D eigenvalue weighted by molar-refractivity contribution is 6.09. The standard InChI is InChI=1S/C26H25NO4/c1-16-8-10-18(11-9-16)25-19-12-13-27(22(19)14-17(2)21(25)15-24(28)29)26(30)20-6-4-5-7-23(20)31-3/h4-11,14H,12-13,15H2,1-3H3,(H,28,29). The van der Waals surface area contributed by atoms with E-state index in [9.17, 15) is 14.7 Å². The number of carboxylic acids is 1. The van der Waals surface area contributed by atoms with E-state index >= 15 is 0 Å². The molecule has 1 N–H and O–H groups in total. The SMILES string of the molecule is COc1ccccc1C(=O)N1CCc2c1cc(C)c(CC(=O)O)c2-c1ccc(C)cc1. The van der Waals surface area contributed by atoms with Gasteiger partial charge in [0.25, 0.3) is 5.91 Å². The van der Waals surface area contributed by atoms with Crippen molar-refractivity contribution in [3.05, 3.63) is 82.4 Å². The molecule has 0 spiro atoms. The van der Waals surface area contributed by atoms with Crippen LogP contribution in [0.5, 0.6) is 5.75 Å². The summed E-state index contributed by atoms with van der Waals surface area (Å²) >= 11 is 0. The number of para-hydroxylation sites is 1. The third-order valence-electron chi connectivity index (χ3n) is 5.87. The molecule has 3 aromatic carbocycles. The van der Waals surface area contributed by atoms with Crippen LogP contribution in [0.15, 0.2) is 54.6 Å². The molecule has 1 aliphatic rings. The van der Waals surface area contributed by atoms with Crippen molar-refractivity contribution in [2.75, 3.05) is 18.6 Å². The molecule has 5 heteroatoms. The van der Waals surface area contributed by atoms with Gasteiger partial charge in [-0.25, -0.2) is 0 Å². The average Bonchev–Trinajstić information content (AvgIpc) is 3.17. The molecule has 0 fully saturated rings. The predicted octanol–water partition coefficient (Wildman–Crippen LogP) is 4.81. The van der Waals surface area contributed by atoms with Crippen LogP contribution in [-0.2, 0) is 17.6 Å². The Balaban J connectivity index is 1.87. The Kier molecular flexibility index (Phi) is 5.51. The third kappa shape index (κ3) is 3.79. The largest absolute Gasteiger partial charge is 0.496 e. The highest BCUT2D eigenvalue weighted by Crippen LogP contribution is 2.41. The lowest BCUT2D eigenvalue weighted by atomic mass is 9.88. The fourth-order valence-electron chi connectivity index (χ4n) is 4.35. The summed E-state index contributed by atoms with van der Waals surface area (Å²) in [5.74, 6) is -0.438. The lowest BCUT2D eigenvalue weighted by Gasteiger charge is -2.22. The molecule has 4 rings (SSSR count). The highest BCUT2D eigenvalue weighted by Gasteiger charge is 2.31. The highest BCUT2D eigenvalue weighted by atomic mass is 16.5. The molecule has 1 amide bonds. The van der Waals surface area contributed by atoms with Crippen LogP contribution in [-0.4, -0.2) is 30.6 Å². The van der Waals surface area contributed by atoms with E-state index in [1.165, 1.54) is 0 Å². The predicted molar refractivity (Wildman–Crippen MR) is 121 cm³/mol. The van der Waals surface area contributed by atoms with Gasteiger partial charge >= 0.3 is 5.97 Å². The minimum Gasteiger partial charge on any atom is -0.496 e. The summed E-state index contributed by atoms with van der Waals surface area (Å²) in [6.45, 7) is 4.48. The van der Waals surface area contributed by atoms with Crippen LogP contribution >= 0.6 is 0 Å². The number of nitrogens with zero attached hydrogens (tertiary/aromatic N) is 1. The Morgan fingerprint density at radius 3 is 2.45 bits per heavy atom. The van der Waals surface area contributed by atoms with E-state index in [1.807, 2.05) is 56.3 Å². The number of carboxylic acid groups (broad SMARTS) is 1. The number of aliphatic carboxylic acids is 1. The van der Waals surface area contributed by atoms with Crippen LogP contribution in [0.3, 0.4) is 0 Å². The number of rotatable bonds is 5. The lowest BCUT2D eigenvalue weighted by molar-refractivity contribution is -0.136. The summed E-state index contributed by atoms with van der Waals surface area (Å²) in [5.41, 5.74) is 7.12. The summed E-state index contributed by atoms with van der Waals surface area (Å²) in [7, 11) is 1.56. The Bertz CT molecular complexity index is 1160. The van der Waals surface area contributed by atoms with E-state index in [0.717, 1.165) is 39.1 Å². The number of hydrogen-bond acceptors (Lipinski definition) is 3. The van der Waals surface area contributed by atoms with Crippen LogP contribution in [0.1, 0.15) is 32.6 Å². The molecule has 0 unspecified atom stereocenters. The second-order valence-electron chi connectivity index (χ2n) is 7.89. The molecule has 0 bridgehead atoms. The Morgan fingerprint density at radius 1 is 1.06 bits per heavy atom. The summed E-state index contributed by atoms with van der Waals surface area (Å²) in [6.07, 6.45) is 0.620. The number of aryl methyl sites for hydroxylation is 2. The topological polar surface area (TPSA) is 66.8 Å². The summed E-state index contributed by atoms with van der Waals surface area (Å²) in [5, 5.41) is 9.52. The van der Waals surface area contributed by atoms with Crippen molar-refractivity contribution in [1.82, 2.24) is 0 Å². The zero-order valence-corrected chi connectivity index (χ0v) is 17.9. The van der Waals surface area contributed by atoms with Gasteiger partial charge in [-0.05, 0) is 66.3 Å². The number of ether oxygens (including phenoxy) is 1. The minimum atomic E-state index is -0.864. The zero-order chi connectivity index (χ0) is 22.1. The summed E-state index contributed by atoms with van der Waals surface area (Å²) in [6, 6.07) is 17.3. The van der Waals surface area contributed by atoms with Crippen molar-refractivity contribution in [3.63, 3.8) is 0 Å². The number of benzene rings is 3. The first-order chi connectivity index (χ1) is 14.9. The van der Waals surface area contributed by atoms with Gasteiger partial charge in [0.2, 0.25) is 0 Å². The van der Waals surface area contributed by atoms with Gasteiger partial charge in [0.15, 0.2) is 0 Å². The number of amides is 1. The van der Waals surface area contributed by atoms with E-state index in [4.69, 9.17) is 4.74 Å². The van der Waals surface area contributed by atoms with E-state index in [0.29, 0.717) is 24.3 Å². The third-order valence-corrected chi connectivity index (χ3v) is 5.87. The fourth-order valence-corrected chi connectivity index (χ4v) is 4.35. The van der Waals surface area contributed by atoms with Crippen molar-refractivity contribution >= 4 is 17.6 Å². The van der Waals surface area contributed by atoms with Crippen molar-refractivity contribution < 1.29 is 19.4 Å². The molecule has 0 saturated heterocycles. The summed E-state index contributed by atoms with van der Waals surface area (Å²) in [4.78, 5) is 26.8. The molecule has 3 aromatic rings.